The molecule has 2 unspecified atom stereocenters. The normalized spacial score (nSPS) is 17.3. The van der Waals surface area contributed by atoms with E-state index < -0.39 is 18.1 Å². The molecule has 144 valence electrons. The number of hydrogen-bond acceptors (Lipinski definition) is 6. The molecule has 0 fully saturated rings. The lowest BCUT2D eigenvalue weighted by molar-refractivity contribution is -0.144. The maximum absolute atomic E-state index is 12.8. The predicted octanol–water partition coefficient (Wildman–Crippen LogP) is 3.83. The number of rotatable bonds is 6. The van der Waals surface area contributed by atoms with Crippen LogP contribution in [0.5, 0.6) is 5.75 Å². The lowest BCUT2D eigenvalue weighted by Gasteiger charge is -2.36. The molecule has 0 bridgehead atoms. The lowest BCUT2D eigenvalue weighted by Crippen LogP contribution is -2.52. The van der Waals surface area contributed by atoms with Crippen molar-refractivity contribution in [3.8, 4) is 17.0 Å². The number of carbonyl (C=O) groups is 2. The van der Waals surface area contributed by atoms with E-state index in [1.54, 1.807) is 18.3 Å². The Morgan fingerprint density at radius 1 is 1.41 bits per heavy atom. The Morgan fingerprint density at radius 3 is 2.85 bits per heavy atom. The number of anilines is 1. The van der Waals surface area contributed by atoms with Crippen LogP contribution < -0.4 is 9.64 Å². The van der Waals surface area contributed by atoms with Crippen LogP contribution >= 0.6 is 11.3 Å². The van der Waals surface area contributed by atoms with Crippen LogP contribution in [0, 0.1) is 0 Å². The Labute approximate surface area is 163 Å². The summed E-state index contributed by atoms with van der Waals surface area (Å²) >= 11 is 1.63. The van der Waals surface area contributed by atoms with Gasteiger partial charge in [-0.25, -0.2) is 9.78 Å². The SMILES string of the molecule is CCCc1nc(-c2ccc3c(c2)N(C(CC)C(=O)OC)C(=O)C(C)O3)cs1. The molecule has 0 N–H and O–H groups in total. The first-order valence-corrected chi connectivity index (χ1v) is 10.0. The van der Waals surface area contributed by atoms with Gasteiger partial charge >= 0.3 is 5.97 Å². The molecule has 1 amide bonds. The molecule has 2 atom stereocenters. The van der Waals surface area contributed by atoms with E-state index in [2.05, 4.69) is 11.9 Å². The number of fused-ring (bicyclic) bond motifs is 1. The molecule has 0 radical (unpaired) electrons. The molecule has 27 heavy (non-hydrogen) atoms. The van der Waals surface area contributed by atoms with Crippen LogP contribution in [0.25, 0.3) is 11.3 Å². The summed E-state index contributed by atoms with van der Waals surface area (Å²) in [5, 5.41) is 3.10. The van der Waals surface area contributed by atoms with E-state index in [1.165, 1.54) is 12.0 Å². The Balaban J connectivity index is 2.05. The van der Waals surface area contributed by atoms with Gasteiger partial charge in [0.1, 0.15) is 11.8 Å². The average molecular weight is 388 g/mol. The third-order valence-electron chi connectivity index (χ3n) is 4.59. The molecule has 7 heteroatoms. The van der Waals surface area contributed by atoms with Gasteiger partial charge in [-0.3, -0.25) is 9.69 Å². The molecule has 2 heterocycles. The first kappa shape index (κ1) is 19.4. The molecule has 6 nitrogen and oxygen atoms in total. The van der Waals surface area contributed by atoms with Crippen LogP contribution in [0.1, 0.15) is 38.6 Å². The maximum atomic E-state index is 12.8. The van der Waals surface area contributed by atoms with Crippen molar-refractivity contribution in [1.82, 2.24) is 4.98 Å². The number of esters is 1. The number of benzene rings is 1. The van der Waals surface area contributed by atoms with E-state index in [-0.39, 0.29) is 5.91 Å². The first-order valence-electron chi connectivity index (χ1n) is 9.16. The van der Waals surface area contributed by atoms with Crippen LogP contribution in [0.15, 0.2) is 23.6 Å². The van der Waals surface area contributed by atoms with Crippen molar-refractivity contribution >= 4 is 28.9 Å². The highest BCUT2D eigenvalue weighted by atomic mass is 32.1. The highest BCUT2D eigenvalue weighted by molar-refractivity contribution is 7.09. The zero-order valence-corrected chi connectivity index (χ0v) is 16.8. The summed E-state index contributed by atoms with van der Waals surface area (Å²) in [5.74, 6) is -0.103. The van der Waals surface area contributed by atoms with Crippen molar-refractivity contribution < 1.29 is 19.1 Å². The Hall–Kier alpha value is -2.41. The second kappa shape index (κ2) is 8.08. The summed E-state index contributed by atoms with van der Waals surface area (Å²) in [6.45, 7) is 5.67. The minimum atomic E-state index is -0.686. The third kappa shape index (κ3) is 3.69. The highest BCUT2D eigenvalue weighted by Gasteiger charge is 2.39. The number of amides is 1. The molecule has 1 aromatic carbocycles. The molecule has 0 aliphatic carbocycles. The number of hydrogen-bond donors (Lipinski definition) is 0. The minimum absolute atomic E-state index is 0.248. The van der Waals surface area contributed by atoms with Gasteiger partial charge < -0.3 is 9.47 Å². The molecule has 1 aromatic heterocycles. The molecule has 0 saturated heterocycles. The summed E-state index contributed by atoms with van der Waals surface area (Å²) in [4.78, 5) is 31.3. The largest absolute Gasteiger partial charge is 0.479 e. The highest BCUT2D eigenvalue weighted by Crippen LogP contribution is 2.39. The van der Waals surface area contributed by atoms with E-state index in [9.17, 15) is 9.59 Å². The van der Waals surface area contributed by atoms with Crippen molar-refractivity contribution in [2.24, 2.45) is 0 Å². The number of thiazole rings is 1. The quantitative estimate of drug-likeness (QED) is 0.704. The van der Waals surface area contributed by atoms with Crippen molar-refractivity contribution in [1.29, 1.82) is 0 Å². The van der Waals surface area contributed by atoms with E-state index >= 15 is 0 Å². The van der Waals surface area contributed by atoms with Crippen molar-refractivity contribution in [2.75, 3.05) is 12.0 Å². The van der Waals surface area contributed by atoms with Gasteiger partial charge in [-0.15, -0.1) is 11.3 Å². The van der Waals surface area contributed by atoms with Gasteiger partial charge in [0.05, 0.1) is 23.5 Å². The fourth-order valence-corrected chi connectivity index (χ4v) is 4.11. The summed E-state index contributed by atoms with van der Waals surface area (Å²) in [7, 11) is 1.33. The zero-order valence-electron chi connectivity index (χ0n) is 16.0. The summed E-state index contributed by atoms with van der Waals surface area (Å²) in [6.07, 6.45) is 1.79. The first-order chi connectivity index (χ1) is 13.0. The number of carbonyl (C=O) groups excluding carboxylic acids is 2. The van der Waals surface area contributed by atoms with E-state index in [4.69, 9.17) is 9.47 Å². The van der Waals surface area contributed by atoms with Crippen LogP contribution in [-0.4, -0.2) is 36.1 Å². The molecule has 1 aliphatic heterocycles. The molecule has 0 spiro atoms. The van der Waals surface area contributed by atoms with E-state index in [1.807, 2.05) is 30.5 Å². The number of aryl methyl sites for hydroxylation is 1. The molecular formula is C20H24N2O4S. The fraction of sp³-hybridized carbons (Fsp3) is 0.450. The van der Waals surface area contributed by atoms with Crippen molar-refractivity contribution in [2.45, 2.75) is 52.2 Å². The molecule has 3 rings (SSSR count). The van der Waals surface area contributed by atoms with Crippen LogP contribution in [0.3, 0.4) is 0 Å². The second-order valence-corrected chi connectivity index (χ2v) is 7.42. The smallest absolute Gasteiger partial charge is 0.328 e. The predicted molar refractivity (Wildman–Crippen MR) is 105 cm³/mol. The summed E-state index contributed by atoms with van der Waals surface area (Å²) in [5.41, 5.74) is 2.34. The van der Waals surface area contributed by atoms with Gasteiger partial charge in [0.2, 0.25) is 0 Å². The monoisotopic (exact) mass is 388 g/mol. The molecule has 2 aromatic rings. The van der Waals surface area contributed by atoms with Crippen molar-refractivity contribution in [3.63, 3.8) is 0 Å². The zero-order chi connectivity index (χ0) is 19.6. The summed E-state index contributed by atoms with van der Waals surface area (Å²) < 4.78 is 10.7. The third-order valence-corrected chi connectivity index (χ3v) is 5.50. The lowest BCUT2D eigenvalue weighted by atomic mass is 10.0. The van der Waals surface area contributed by atoms with Crippen LogP contribution in [0.4, 0.5) is 5.69 Å². The number of ether oxygens (including phenoxy) is 2. The van der Waals surface area contributed by atoms with Gasteiger partial charge in [-0.2, -0.15) is 0 Å². The fourth-order valence-electron chi connectivity index (χ4n) is 3.20. The Kier molecular flexibility index (Phi) is 5.79. The second-order valence-electron chi connectivity index (χ2n) is 6.47. The van der Waals surface area contributed by atoms with Gasteiger partial charge in [-0.1, -0.05) is 13.8 Å². The van der Waals surface area contributed by atoms with Gasteiger partial charge in [0.15, 0.2) is 6.10 Å². The number of methoxy groups -OCH3 is 1. The minimum Gasteiger partial charge on any atom is -0.479 e. The maximum Gasteiger partial charge on any atom is 0.328 e. The van der Waals surface area contributed by atoms with E-state index in [0.29, 0.717) is 17.9 Å². The van der Waals surface area contributed by atoms with Crippen molar-refractivity contribution in [3.05, 3.63) is 28.6 Å². The molecule has 1 aliphatic rings. The molecule has 0 saturated carbocycles. The summed E-state index contributed by atoms with van der Waals surface area (Å²) in [6, 6.07) is 4.96. The number of nitrogens with zero attached hydrogens (tertiary/aromatic N) is 2. The van der Waals surface area contributed by atoms with Gasteiger partial charge in [-0.05, 0) is 44.4 Å². The van der Waals surface area contributed by atoms with Gasteiger partial charge in [0, 0.05) is 10.9 Å². The number of aromatic nitrogens is 1. The average Bonchev–Trinajstić information content (AvgIpc) is 3.13. The van der Waals surface area contributed by atoms with E-state index in [0.717, 1.165) is 29.1 Å². The standard InChI is InChI=1S/C20H24N2O4S/c1-5-7-18-21-14(11-27-18)13-8-9-17-16(10-13)22(19(23)12(3)26-17)15(6-2)20(24)25-4/h8-12,15H,5-7H2,1-4H3. The Bertz CT molecular complexity index is 848. The Morgan fingerprint density at radius 2 is 2.19 bits per heavy atom. The van der Waals surface area contributed by atoms with Gasteiger partial charge in [0.25, 0.3) is 5.91 Å². The molecular weight excluding hydrogens is 364 g/mol. The van der Waals surface area contributed by atoms with Crippen LogP contribution in [0.2, 0.25) is 0 Å². The topological polar surface area (TPSA) is 68.7 Å². The van der Waals surface area contributed by atoms with Crippen LogP contribution in [-0.2, 0) is 20.7 Å².